The molecule has 1 fully saturated rings. The number of aromatic nitrogens is 1. The second kappa shape index (κ2) is 4.36. The van der Waals surface area contributed by atoms with Gasteiger partial charge in [0.1, 0.15) is 11.3 Å². The van der Waals surface area contributed by atoms with Crippen LogP contribution in [0.15, 0.2) is 4.52 Å². The molecule has 0 saturated carbocycles. The van der Waals surface area contributed by atoms with Gasteiger partial charge in [-0.15, -0.1) is 0 Å². The van der Waals surface area contributed by atoms with Gasteiger partial charge in [-0.3, -0.25) is 9.59 Å². The molecule has 0 radical (unpaired) electrons. The highest BCUT2D eigenvalue weighted by Gasteiger charge is 2.37. The molecule has 0 aromatic carbocycles. The van der Waals surface area contributed by atoms with Crippen LogP contribution in [0.4, 0.5) is 0 Å². The van der Waals surface area contributed by atoms with Gasteiger partial charge in [0.2, 0.25) is 5.91 Å². The van der Waals surface area contributed by atoms with E-state index in [9.17, 15) is 9.59 Å². The summed E-state index contributed by atoms with van der Waals surface area (Å²) in [5.41, 5.74) is 1.21. The Labute approximate surface area is 111 Å². The van der Waals surface area contributed by atoms with E-state index in [4.69, 9.17) is 4.52 Å². The zero-order chi connectivity index (χ0) is 13.6. The first-order valence-corrected chi connectivity index (χ1v) is 6.60. The molecule has 0 spiro atoms. The Balaban J connectivity index is 2.01. The highest BCUT2D eigenvalue weighted by Crippen LogP contribution is 2.35. The second-order valence-electron chi connectivity index (χ2n) is 5.21. The zero-order valence-electron chi connectivity index (χ0n) is 11.2. The van der Waals surface area contributed by atoms with Gasteiger partial charge in [0.05, 0.1) is 6.04 Å². The van der Waals surface area contributed by atoms with Crippen LogP contribution in [0, 0.1) is 0 Å². The van der Waals surface area contributed by atoms with Gasteiger partial charge in [0, 0.05) is 33.5 Å². The van der Waals surface area contributed by atoms with Crippen molar-refractivity contribution in [2.24, 2.45) is 0 Å². The Morgan fingerprint density at radius 1 is 1.42 bits per heavy atom. The summed E-state index contributed by atoms with van der Waals surface area (Å²) >= 11 is 0. The molecule has 1 aromatic heterocycles. The smallest absolute Gasteiger partial charge is 0.259 e. The average Bonchev–Trinajstić information content (AvgIpc) is 2.99. The summed E-state index contributed by atoms with van der Waals surface area (Å²) in [7, 11) is 1.78. The van der Waals surface area contributed by atoms with Crippen molar-refractivity contribution in [2.45, 2.75) is 32.2 Å². The first-order chi connectivity index (χ1) is 9.09. The maximum atomic E-state index is 12.3. The summed E-state index contributed by atoms with van der Waals surface area (Å²) in [6.07, 6.45) is 2.48. The summed E-state index contributed by atoms with van der Waals surface area (Å²) in [5.74, 6) is 0.636. The number of likely N-dealkylation sites (N-methyl/N-ethyl adjacent to an activating group) is 1. The molecule has 2 aliphatic heterocycles. The summed E-state index contributed by atoms with van der Waals surface area (Å²) in [4.78, 5) is 27.3. The number of carbonyl (C=O) groups is 2. The van der Waals surface area contributed by atoms with Crippen LogP contribution in [0.2, 0.25) is 0 Å². The van der Waals surface area contributed by atoms with E-state index in [1.165, 1.54) is 0 Å². The fourth-order valence-corrected chi connectivity index (χ4v) is 2.95. The predicted octanol–water partition coefficient (Wildman–Crippen LogP) is 0.986. The minimum absolute atomic E-state index is 0.0239. The first-order valence-electron chi connectivity index (χ1n) is 6.60. The van der Waals surface area contributed by atoms with Gasteiger partial charge in [-0.05, 0) is 12.8 Å². The zero-order valence-corrected chi connectivity index (χ0v) is 11.2. The van der Waals surface area contributed by atoms with Gasteiger partial charge < -0.3 is 14.3 Å². The topological polar surface area (TPSA) is 66.7 Å². The number of likely N-dealkylation sites (tertiary alicyclic amines) is 1. The molecule has 102 valence electrons. The van der Waals surface area contributed by atoms with E-state index in [1.807, 2.05) is 0 Å². The van der Waals surface area contributed by atoms with E-state index in [0.29, 0.717) is 30.0 Å². The maximum Gasteiger partial charge on any atom is 0.259 e. The molecule has 2 aliphatic rings. The minimum atomic E-state index is -0.111. The van der Waals surface area contributed by atoms with Crippen molar-refractivity contribution in [1.29, 1.82) is 0 Å². The van der Waals surface area contributed by atoms with E-state index in [0.717, 1.165) is 19.4 Å². The molecular weight excluding hydrogens is 246 g/mol. The number of amides is 2. The van der Waals surface area contributed by atoms with Gasteiger partial charge >= 0.3 is 0 Å². The molecule has 3 heterocycles. The Hall–Kier alpha value is -1.85. The lowest BCUT2D eigenvalue weighted by Gasteiger charge is -2.25. The van der Waals surface area contributed by atoms with Crippen LogP contribution in [0.1, 0.15) is 47.6 Å². The molecule has 1 saturated heterocycles. The van der Waals surface area contributed by atoms with Crippen LogP contribution < -0.4 is 0 Å². The first kappa shape index (κ1) is 12.2. The number of rotatable bonds is 1. The highest BCUT2D eigenvalue weighted by atomic mass is 16.5. The second-order valence-corrected chi connectivity index (χ2v) is 5.21. The lowest BCUT2D eigenvalue weighted by molar-refractivity contribution is -0.129. The van der Waals surface area contributed by atoms with Crippen LogP contribution in [0.25, 0.3) is 0 Å². The van der Waals surface area contributed by atoms with Crippen molar-refractivity contribution >= 4 is 11.8 Å². The maximum absolute atomic E-state index is 12.3. The van der Waals surface area contributed by atoms with Gasteiger partial charge in [-0.25, -0.2) is 0 Å². The Morgan fingerprint density at radius 2 is 2.21 bits per heavy atom. The summed E-state index contributed by atoms with van der Waals surface area (Å²) in [5, 5.41) is 4.08. The third kappa shape index (κ3) is 1.82. The predicted molar refractivity (Wildman–Crippen MR) is 66.5 cm³/mol. The number of hydrogen-bond acceptors (Lipinski definition) is 4. The molecule has 6 heteroatoms. The highest BCUT2D eigenvalue weighted by molar-refractivity contribution is 5.97. The quantitative estimate of drug-likeness (QED) is 0.757. The number of hydrogen-bond donors (Lipinski definition) is 0. The molecule has 0 unspecified atom stereocenters. The molecule has 19 heavy (non-hydrogen) atoms. The van der Waals surface area contributed by atoms with Crippen LogP contribution in [-0.4, -0.2) is 46.9 Å². The van der Waals surface area contributed by atoms with E-state index in [-0.39, 0.29) is 17.9 Å². The van der Waals surface area contributed by atoms with Crippen molar-refractivity contribution in [1.82, 2.24) is 15.0 Å². The lowest BCUT2D eigenvalue weighted by Crippen LogP contribution is -2.35. The fourth-order valence-electron chi connectivity index (χ4n) is 2.95. The molecule has 0 N–H and O–H groups in total. The third-order valence-corrected chi connectivity index (χ3v) is 4.00. The van der Waals surface area contributed by atoms with Crippen LogP contribution in [0.3, 0.4) is 0 Å². The average molecular weight is 263 g/mol. The SMILES string of the molecule is CC(=O)N1CCC[C@H]1c1noc2c1C(=O)N(C)CC2. The standard InChI is InChI=1S/C13H17N3O3/c1-8(17)16-6-3-4-9(16)12-11-10(19-14-12)5-7-15(2)13(11)18/h9H,3-7H2,1-2H3/t9-/m0/s1. The molecular formula is C13H17N3O3. The van der Waals surface area contributed by atoms with Gasteiger partial charge in [0.25, 0.3) is 5.91 Å². The summed E-state index contributed by atoms with van der Waals surface area (Å²) < 4.78 is 5.31. The Morgan fingerprint density at radius 3 is 2.95 bits per heavy atom. The Bertz CT molecular complexity index is 537. The van der Waals surface area contributed by atoms with Gasteiger partial charge in [-0.2, -0.15) is 0 Å². The number of fused-ring (bicyclic) bond motifs is 1. The van der Waals surface area contributed by atoms with Gasteiger partial charge in [0.15, 0.2) is 5.76 Å². The van der Waals surface area contributed by atoms with E-state index in [1.54, 1.807) is 23.8 Å². The van der Waals surface area contributed by atoms with Crippen LogP contribution in [-0.2, 0) is 11.2 Å². The Kier molecular flexibility index (Phi) is 2.80. The molecule has 1 aromatic rings. The van der Waals surface area contributed by atoms with Crippen molar-refractivity contribution in [2.75, 3.05) is 20.1 Å². The fraction of sp³-hybridized carbons (Fsp3) is 0.615. The van der Waals surface area contributed by atoms with Crippen molar-refractivity contribution in [3.8, 4) is 0 Å². The van der Waals surface area contributed by atoms with Gasteiger partial charge in [-0.1, -0.05) is 5.16 Å². The summed E-state index contributed by atoms with van der Waals surface area (Å²) in [6, 6.07) is -0.111. The monoisotopic (exact) mass is 263 g/mol. The molecule has 0 bridgehead atoms. The van der Waals surface area contributed by atoms with Crippen LogP contribution >= 0.6 is 0 Å². The van der Waals surface area contributed by atoms with E-state index in [2.05, 4.69) is 5.16 Å². The molecule has 2 amide bonds. The van der Waals surface area contributed by atoms with Crippen molar-refractivity contribution < 1.29 is 14.1 Å². The van der Waals surface area contributed by atoms with Crippen LogP contribution in [0.5, 0.6) is 0 Å². The molecule has 3 rings (SSSR count). The largest absolute Gasteiger partial charge is 0.360 e. The molecule has 0 aliphatic carbocycles. The number of carbonyl (C=O) groups excluding carboxylic acids is 2. The van der Waals surface area contributed by atoms with Crippen molar-refractivity contribution in [3.05, 3.63) is 17.0 Å². The van der Waals surface area contributed by atoms with E-state index >= 15 is 0 Å². The summed E-state index contributed by atoms with van der Waals surface area (Å²) in [6.45, 7) is 2.94. The minimum Gasteiger partial charge on any atom is -0.360 e. The third-order valence-electron chi connectivity index (χ3n) is 4.00. The normalized spacial score (nSPS) is 22.8. The number of nitrogens with zero attached hydrogens (tertiary/aromatic N) is 3. The molecule has 6 nitrogen and oxygen atoms in total. The molecule has 1 atom stereocenters. The van der Waals surface area contributed by atoms with Crippen molar-refractivity contribution in [3.63, 3.8) is 0 Å². The lowest BCUT2D eigenvalue weighted by atomic mass is 10.00. The van der Waals surface area contributed by atoms with E-state index < -0.39 is 0 Å².